The van der Waals surface area contributed by atoms with Crippen molar-refractivity contribution in [2.45, 2.75) is 32.6 Å². The van der Waals surface area contributed by atoms with Crippen molar-refractivity contribution in [3.05, 3.63) is 89.2 Å². The van der Waals surface area contributed by atoms with Crippen LogP contribution in [0.25, 0.3) is 11.1 Å². The van der Waals surface area contributed by atoms with E-state index in [2.05, 4.69) is 49.2 Å². The zero-order chi connectivity index (χ0) is 18.5. The van der Waals surface area contributed by atoms with Gasteiger partial charge in [0.25, 0.3) is 0 Å². The molecule has 0 atom stereocenters. The van der Waals surface area contributed by atoms with Crippen LogP contribution >= 0.6 is 0 Å². The average Bonchev–Trinajstić information content (AvgIpc) is 2.67. The first-order valence-corrected chi connectivity index (χ1v) is 8.90. The molecule has 0 spiro atoms. The molecule has 0 aliphatic heterocycles. The van der Waals surface area contributed by atoms with Crippen LogP contribution in [0.5, 0.6) is 0 Å². The van der Waals surface area contributed by atoms with E-state index in [1.807, 2.05) is 18.3 Å². The molecule has 3 rings (SSSR count). The average molecular weight is 345 g/mol. The Morgan fingerprint density at radius 3 is 2.42 bits per heavy atom. The Bertz CT molecular complexity index is 898. The molecule has 0 aliphatic rings. The van der Waals surface area contributed by atoms with E-state index in [1.54, 1.807) is 18.2 Å². The van der Waals surface area contributed by atoms with Gasteiger partial charge in [-0.1, -0.05) is 50.2 Å². The van der Waals surface area contributed by atoms with Crippen molar-refractivity contribution in [2.24, 2.45) is 0 Å². The third-order valence-corrected chi connectivity index (χ3v) is 4.57. The van der Waals surface area contributed by atoms with Crippen molar-refractivity contribution >= 4 is 5.97 Å². The van der Waals surface area contributed by atoms with Crippen LogP contribution in [0.15, 0.2) is 66.9 Å². The van der Waals surface area contributed by atoms with Crippen molar-refractivity contribution in [1.82, 2.24) is 4.98 Å². The molecular weight excluding hydrogens is 322 g/mol. The molecule has 1 N–H and O–H groups in total. The van der Waals surface area contributed by atoms with Crippen LogP contribution in [0, 0.1) is 0 Å². The second-order valence-electron chi connectivity index (χ2n) is 6.82. The second-order valence-corrected chi connectivity index (χ2v) is 6.82. The lowest BCUT2D eigenvalue weighted by atomic mass is 9.98. The van der Waals surface area contributed by atoms with E-state index in [-0.39, 0.29) is 0 Å². The van der Waals surface area contributed by atoms with Crippen LogP contribution in [-0.2, 0) is 12.8 Å². The zero-order valence-electron chi connectivity index (χ0n) is 15.1. The molecule has 1 aromatic heterocycles. The summed E-state index contributed by atoms with van der Waals surface area (Å²) >= 11 is 0. The maximum atomic E-state index is 11.1. The highest BCUT2D eigenvalue weighted by Gasteiger charge is 2.06. The molecule has 0 radical (unpaired) electrons. The number of benzene rings is 2. The molecule has 0 saturated heterocycles. The van der Waals surface area contributed by atoms with Crippen LogP contribution in [0.1, 0.15) is 46.9 Å². The number of rotatable bonds is 6. The van der Waals surface area contributed by atoms with Crippen LogP contribution in [0.4, 0.5) is 0 Å². The Kier molecular flexibility index (Phi) is 5.47. The lowest BCUT2D eigenvalue weighted by Crippen LogP contribution is -1.99. The van der Waals surface area contributed by atoms with Gasteiger partial charge in [-0.15, -0.1) is 0 Å². The molecule has 0 amide bonds. The monoisotopic (exact) mass is 345 g/mol. The van der Waals surface area contributed by atoms with E-state index in [4.69, 9.17) is 5.11 Å². The summed E-state index contributed by atoms with van der Waals surface area (Å²) < 4.78 is 0. The van der Waals surface area contributed by atoms with E-state index in [0.29, 0.717) is 11.5 Å². The highest BCUT2D eigenvalue weighted by atomic mass is 16.4. The molecule has 2 aromatic carbocycles. The summed E-state index contributed by atoms with van der Waals surface area (Å²) in [5.41, 5.74) is 6.03. The summed E-state index contributed by atoms with van der Waals surface area (Å²) in [5, 5.41) is 9.10. The van der Waals surface area contributed by atoms with Gasteiger partial charge in [-0.2, -0.15) is 0 Å². The summed E-state index contributed by atoms with van der Waals surface area (Å²) in [5.74, 6) is -0.365. The molecule has 3 aromatic rings. The summed E-state index contributed by atoms with van der Waals surface area (Å²) in [4.78, 5) is 15.5. The van der Waals surface area contributed by atoms with E-state index in [0.717, 1.165) is 29.7 Å². The van der Waals surface area contributed by atoms with E-state index in [1.165, 1.54) is 11.1 Å². The Labute approximate surface area is 154 Å². The molecule has 3 heteroatoms. The third-order valence-electron chi connectivity index (χ3n) is 4.57. The van der Waals surface area contributed by atoms with E-state index < -0.39 is 5.97 Å². The van der Waals surface area contributed by atoms with Gasteiger partial charge in [-0.05, 0) is 65.3 Å². The van der Waals surface area contributed by atoms with Gasteiger partial charge in [0.2, 0.25) is 0 Å². The number of aryl methyl sites for hydroxylation is 2. The van der Waals surface area contributed by atoms with E-state index in [9.17, 15) is 4.79 Å². The van der Waals surface area contributed by atoms with Gasteiger partial charge in [0.1, 0.15) is 0 Å². The number of pyridine rings is 1. The number of aromatic carboxylic acids is 1. The molecule has 0 bridgehead atoms. The minimum atomic E-state index is -0.892. The number of carbonyl (C=O) groups is 1. The largest absolute Gasteiger partial charge is 0.478 e. The Hall–Kier alpha value is -2.94. The zero-order valence-corrected chi connectivity index (χ0v) is 15.1. The molecule has 1 heterocycles. The number of hydrogen-bond acceptors (Lipinski definition) is 2. The van der Waals surface area contributed by atoms with Crippen molar-refractivity contribution in [1.29, 1.82) is 0 Å². The van der Waals surface area contributed by atoms with Crippen LogP contribution < -0.4 is 0 Å². The summed E-state index contributed by atoms with van der Waals surface area (Å²) in [7, 11) is 0. The Balaban J connectivity index is 1.73. The highest BCUT2D eigenvalue weighted by molar-refractivity contribution is 5.87. The SMILES string of the molecule is CC(C)c1ccc(-c2ccnc(CCc3cccc(C(=O)O)c3)c2)cc1. The number of carboxylic acid groups (broad SMARTS) is 1. The van der Waals surface area contributed by atoms with Gasteiger partial charge in [-0.3, -0.25) is 4.98 Å². The van der Waals surface area contributed by atoms with Crippen LogP contribution in [0.3, 0.4) is 0 Å². The summed E-state index contributed by atoms with van der Waals surface area (Å²) in [6.45, 7) is 4.39. The molecule has 3 nitrogen and oxygen atoms in total. The quantitative estimate of drug-likeness (QED) is 0.654. The first-order valence-electron chi connectivity index (χ1n) is 8.90. The van der Waals surface area contributed by atoms with Crippen LogP contribution in [-0.4, -0.2) is 16.1 Å². The number of carboxylic acids is 1. The molecule has 0 saturated carbocycles. The number of nitrogens with zero attached hydrogens (tertiary/aromatic N) is 1. The second kappa shape index (κ2) is 7.96. The van der Waals surface area contributed by atoms with Crippen molar-refractivity contribution in [2.75, 3.05) is 0 Å². The molecule has 0 aliphatic carbocycles. The normalized spacial score (nSPS) is 10.9. The minimum absolute atomic E-state index is 0.328. The Morgan fingerprint density at radius 1 is 0.962 bits per heavy atom. The van der Waals surface area contributed by atoms with Gasteiger partial charge >= 0.3 is 5.97 Å². The fraction of sp³-hybridized carbons (Fsp3) is 0.217. The predicted molar refractivity (Wildman–Crippen MR) is 105 cm³/mol. The topological polar surface area (TPSA) is 50.2 Å². The molecule has 26 heavy (non-hydrogen) atoms. The summed E-state index contributed by atoms with van der Waals surface area (Å²) in [6.07, 6.45) is 3.39. The number of aromatic nitrogens is 1. The maximum Gasteiger partial charge on any atom is 0.335 e. The smallest absolute Gasteiger partial charge is 0.335 e. The number of hydrogen-bond donors (Lipinski definition) is 1. The van der Waals surface area contributed by atoms with Gasteiger partial charge in [-0.25, -0.2) is 4.79 Å². The fourth-order valence-electron chi connectivity index (χ4n) is 2.99. The van der Waals surface area contributed by atoms with Crippen LogP contribution in [0.2, 0.25) is 0 Å². The predicted octanol–water partition coefficient (Wildman–Crippen LogP) is 5.36. The van der Waals surface area contributed by atoms with E-state index >= 15 is 0 Å². The third kappa shape index (κ3) is 4.37. The molecule has 0 unspecified atom stereocenters. The minimum Gasteiger partial charge on any atom is -0.478 e. The first kappa shape index (κ1) is 17.9. The van der Waals surface area contributed by atoms with Gasteiger partial charge in [0.15, 0.2) is 0 Å². The molecular formula is C23H23NO2. The van der Waals surface area contributed by atoms with Gasteiger partial charge in [0, 0.05) is 11.9 Å². The summed E-state index contributed by atoms with van der Waals surface area (Å²) in [6, 6.07) is 19.9. The molecule has 132 valence electrons. The Morgan fingerprint density at radius 2 is 1.73 bits per heavy atom. The van der Waals surface area contributed by atoms with Gasteiger partial charge < -0.3 is 5.11 Å². The van der Waals surface area contributed by atoms with Crippen molar-refractivity contribution in [3.63, 3.8) is 0 Å². The standard InChI is InChI=1S/C23H23NO2/c1-16(2)18-7-9-19(10-8-18)20-12-13-24-22(15-20)11-6-17-4-3-5-21(14-17)23(25)26/h3-5,7-10,12-16H,6,11H2,1-2H3,(H,25,26). The molecule has 0 fully saturated rings. The highest BCUT2D eigenvalue weighted by Crippen LogP contribution is 2.23. The maximum absolute atomic E-state index is 11.1. The fourth-order valence-corrected chi connectivity index (χ4v) is 2.99. The first-order chi connectivity index (χ1) is 12.5. The lowest BCUT2D eigenvalue weighted by molar-refractivity contribution is 0.0696. The lowest BCUT2D eigenvalue weighted by Gasteiger charge is -2.08. The van der Waals surface area contributed by atoms with Crippen molar-refractivity contribution < 1.29 is 9.90 Å². The van der Waals surface area contributed by atoms with Crippen molar-refractivity contribution in [3.8, 4) is 11.1 Å². The van der Waals surface area contributed by atoms with Gasteiger partial charge in [0.05, 0.1) is 5.56 Å².